The monoisotopic (exact) mass is 287 g/mol. The van der Waals surface area contributed by atoms with Crippen molar-refractivity contribution < 1.29 is 9.32 Å². The molecule has 0 spiro atoms. The highest BCUT2D eigenvalue weighted by atomic mass is 16.5. The summed E-state index contributed by atoms with van der Waals surface area (Å²) < 4.78 is 5.12. The van der Waals surface area contributed by atoms with Crippen LogP contribution >= 0.6 is 0 Å². The molecular weight excluding hydrogens is 266 g/mol. The minimum absolute atomic E-state index is 0.104. The van der Waals surface area contributed by atoms with E-state index in [9.17, 15) is 4.79 Å². The van der Waals surface area contributed by atoms with Gasteiger partial charge in [-0.25, -0.2) is 0 Å². The van der Waals surface area contributed by atoms with Gasteiger partial charge < -0.3 is 15.2 Å². The molecule has 1 aromatic heterocycles. The number of hydrogen-bond donors (Lipinski definition) is 1. The van der Waals surface area contributed by atoms with Gasteiger partial charge in [-0.2, -0.15) is 0 Å². The quantitative estimate of drug-likeness (QED) is 0.857. The predicted octanol–water partition coefficient (Wildman–Crippen LogP) is 2.46. The number of nitrogens with zero attached hydrogens (tertiary/aromatic N) is 2. The first-order chi connectivity index (χ1) is 9.97. The number of aromatic nitrogens is 1. The van der Waals surface area contributed by atoms with Gasteiger partial charge in [0.2, 0.25) is 5.91 Å². The highest BCUT2D eigenvalue weighted by Gasteiger charge is 2.15. The standard InChI is InChI=1S/C16H21N3O2/c1-11-15(12(2)21-18-11)10-19(3)16(20)9-6-13-4-7-14(17)8-5-13/h4-5,7-8H,6,9-10,17H2,1-3H3. The molecule has 0 fully saturated rings. The van der Waals surface area contributed by atoms with Crippen molar-refractivity contribution in [2.75, 3.05) is 12.8 Å². The third-order valence-electron chi connectivity index (χ3n) is 3.61. The van der Waals surface area contributed by atoms with Crippen LogP contribution in [-0.4, -0.2) is 23.0 Å². The molecular formula is C16H21N3O2. The molecule has 0 aliphatic heterocycles. The number of benzene rings is 1. The van der Waals surface area contributed by atoms with Crippen LogP contribution in [0.5, 0.6) is 0 Å². The van der Waals surface area contributed by atoms with Crippen LogP contribution < -0.4 is 5.73 Å². The Kier molecular flexibility index (Phi) is 4.62. The molecule has 0 aliphatic carbocycles. The van der Waals surface area contributed by atoms with E-state index in [1.165, 1.54) is 0 Å². The molecule has 0 saturated carbocycles. The second-order valence-corrected chi connectivity index (χ2v) is 5.29. The molecule has 0 unspecified atom stereocenters. The van der Waals surface area contributed by atoms with Crippen LogP contribution in [0, 0.1) is 13.8 Å². The predicted molar refractivity (Wildman–Crippen MR) is 81.6 cm³/mol. The highest BCUT2D eigenvalue weighted by molar-refractivity contribution is 5.76. The summed E-state index contributed by atoms with van der Waals surface area (Å²) in [6.45, 7) is 4.28. The van der Waals surface area contributed by atoms with Crippen LogP contribution in [0.2, 0.25) is 0 Å². The molecule has 0 radical (unpaired) electrons. The molecule has 0 saturated heterocycles. The van der Waals surface area contributed by atoms with Crippen molar-refractivity contribution in [2.24, 2.45) is 0 Å². The van der Waals surface area contributed by atoms with Crippen LogP contribution in [0.3, 0.4) is 0 Å². The van der Waals surface area contributed by atoms with Crippen molar-refractivity contribution in [1.82, 2.24) is 10.1 Å². The van der Waals surface area contributed by atoms with Gasteiger partial charge in [0, 0.05) is 24.7 Å². The molecule has 0 bridgehead atoms. The molecule has 5 nitrogen and oxygen atoms in total. The minimum Gasteiger partial charge on any atom is -0.399 e. The summed E-state index contributed by atoms with van der Waals surface area (Å²) in [7, 11) is 1.80. The van der Waals surface area contributed by atoms with Gasteiger partial charge >= 0.3 is 0 Å². The van der Waals surface area contributed by atoms with Crippen molar-refractivity contribution in [3.63, 3.8) is 0 Å². The fraction of sp³-hybridized carbons (Fsp3) is 0.375. The van der Waals surface area contributed by atoms with E-state index in [-0.39, 0.29) is 5.91 Å². The Balaban J connectivity index is 1.89. The highest BCUT2D eigenvalue weighted by Crippen LogP contribution is 2.15. The van der Waals surface area contributed by atoms with E-state index < -0.39 is 0 Å². The summed E-state index contributed by atoms with van der Waals surface area (Å²) in [6.07, 6.45) is 1.19. The Bertz CT molecular complexity index is 597. The topological polar surface area (TPSA) is 72.4 Å². The lowest BCUT2D eigenvalue weighted by molar-refractivity contribution is -0.130. The smallest absolute Gasteiger partial charge is 0.222 e. The van der Waals surface area contributed by atoms with Gasteiger partial charge in [0.1, 0.15) is 5.76 Å². The Morgan fingerprint density at radius 1 is 1.29 bits per heavy atom. The number of carbonyl (C=O) groups is 1. The first-order valence-electron chi connectivity index (χ1n) is 6.97. The van der Waals surface area contributed by atoms with E-state index in [4.69, 9.17) is 10.3 Å². The largest absolute Gasteiger partial charge is 0.399 e. The SMILES string of the molecule is Cc1noc(C)c1CN(C)C(=O)CCc1ccc(N)cc1. The van der Waals surface area contributed by atoms with E-state index in [0.717, 1.165) is 28.3 Å². The molecule has 2 rings (SSSR count). The molecule has 1 heterocycles. The summed E-state index contributed by atoms with van der Waals surface area (Å²) in [5.41, 5.74) is 9.32. The summed E-state index contributed by atoms with van der Waals surface area (Å²) in [5, 5.41) is 3.91. The summed E-state index contributed by atoms with van der Waals surface area (Å²) >= 11 is 0. The van der Waals surface area contributed by atoms with Crippen LogP contribution in [0.25, 0.3) is 0 Å². The molecule has 21 heavy (non-hydrogen) atoms. The van der Waals surface area contributed by atoms with Crippen molar-refractivity contribution in [3.8, 4) is 0 Å². The number of anilines is 1. The third-order valence-corrected chi connectivity index (χ3v) is 3.61. The van der Waals surface area contributed by atoms with Crippen molar-refractivity contribution in [3.05, 3.63) is 46.8 Å². The number of carbonyl (C=O) groups excluding carboxylic acids is 1. The molecule has 2 aromatic rings. The van der Waals surface area contributed by atoms with Gasteiger partial charge in [0.15, 0.2) is 0 Å². The first-order valence-corrected chi connectivity index (χ1v) is 6.97. The lowest BCUT2D eigenvalue weighted by Gasteiger charge is -2.17. The van der Waals surface area contributed by atoms with E-state index in [0.29, 0.717) is 19.4 Å². The summed E-state index contributed by atoms with van der Waals surface area (Å²) in [4.78, 5) is 13.9. The van der Waals surface area contributed by atoms with Gasteiger partial charge in [-0.3, -0.25) is 4.79 Å². The number of aryl methyl sites for hydroxylation is 3. The average molecular weight is 287 g/mol. The van der Waals surface area contributed by atoms with Gasteiger partial charge in [0.25, 0.3) is 0 Å². The van der Waals surface area contributed by atoms with Gasteiger partial charge in [-0.15, -0.1) is 0 Å². The minimum atomic E-state index is 0.104. The fourth-order valence-corrected chi connectivity index (χ4v) is 2.18. The van der Waals surface area contributed by atoms with Crippen LogP contribution in [0.4, 0.5) is 5.69 Å². The Morgan fingerprint density at radius 3 is 2.52 bits per heavy atom. The number of hydrogen-bond acceptors (Lipinski definition) is 4. The van der Waals surface area contributed by atoms with E-state index in [2.05, 4.69) is 5.16 Å². The number of nitrogens with two attached hydrogens (primary N) is 1. The zero-order valence-corrected chi connectivity index (χ0v) is 12.7. The number of nitrogen functional groups attached to an aromatic ring is 1. The lowest BCUT2D eigenvalue weighted by atomic mass is 10.1. The van der Waals surface area contributed by atoms with E-state index in [1.54, 1.807) is 11.9 Å². The maximum absolute atomic E-state index is 12.2. The van der Waals surface area contributed by atoms with E-state index >= 15 is 0 Å². The first kappa shape index (κ1) is 15.1. The Hall–Kier alpha value is -2.30. The van der Waals surface area contributed by atoms with Crippen LogP contribution in [0.1, 0.15) is 29.0 Å². The molecule has 2 N–H and O–H groups in total. The molecule has 0 atom stereocenters. The summed E-state index contributed by atoms with van der Waals surface area (Å²) in [6, 6.07) is 7.62. The number of rotatable bonds is 5. The average Bonchev–Trinajstić information content (AvgIpc) is 2.78. The number of amides is 1. The van der Waals surface area contributed by atoms with Crippen molar-refractivity contribution >= 4 is 11.6 Å². The van der Waals surface area contributed by atoms with Crippen LogP contribution in [0.15, 0.2) is 28.8 Å². The van der Waals surface area contributed by atoms with Gasteiger partial charge in [-0.05, 0) is 38.0 Å². The molecule has 1 aromatic carbocycles. The second kappa shape index (κ2) is 6.43. The maximum Gasteiger partial charge on any atom is 0.222 e. The van der Waals surface area contributed by atoms with E-state index in [1.807, 2.05) is 38.1 Å². The zero-order valence-electron chi connectivity index (χ0n) is 12.7. The molecule has 5 heteroatoms. The molecule has 112 valence electrons. The normalized spacial score (nSPS) is 10.6. The molecule has 0 aliphatic rings. The van der Waals surface area contributed by atoms with Crippen molar-refractivity contribution in [1.29, 1.82) is 0 Å². The zero-order chi connectivity index (χ0) is 15.4. The van der Waals surface area contributed by atoms with Gasteiger partial charge in [0.05, 0.1) is 12.2 Å². The lowest BCUT2D eigenvalue weighted by Crippen LogP contribution is -2.26. The van der Waals surface area contributed by atoms with Gasteiger partial charge in [-0.1, -0.05) is 17.3 Å². The fourth-order valence-electron chi connectivity index (χ4n) is 2.18. The second-order valence-electron chi connectivity index (χ2n) is 5.29. The Labute approximate surface area is 124 Å². The summed E-state index contributed by atoms with van der Waals surface area (Å²) in [5.74, 6) is 0.873. The molecule has 1 amide bonds. The maximum atomic E-state index is 12.2. The van der Waals surface area contributed by atoms with Crippen LogP contribution in [-0.2, 0) is 17.8 Å². The Morgan fingerprint density at radius 2 is 1.95 bits per heavy atom. The third kappa shape index (κ3) is 3.84. The van der Waals surface area contributed by atoms with Crippen molar-refractivity contribution in [2.45, 2.75) is 33.2 Å².